The van der Waals surface area contributed by atoms with Crippen molar-refractivity contribution in [3.8, 4) is 0 Å². The Labute approximate surface area is 195 Å². The summed E-state index contributed by atoms with van der Waals surface area (Å²) < 4.78 is 15.5. The van der Waals surface area contributed by atoms with Crippen molar-refractivity contribution < 1.29 is 9.18 Å². The van der Waals surface area contributed by atoms with Crippen LogP contribution in [0.15, 0.2) is 48.7 Å². The summed E-state index contributed by atoms with van der Waals surface area (Å²) in [5, 5.41) is 3.37. The zero-order chi connectivity index (χ0) is 22.8. The summed E-state index contributed by atoms with van der Waals surface area (Å²) in [5.41, 5.74) is 3.87. The molecule has 174 valence electrons. The molecular formula is C28H34FN3O. The summed E-state index contributed by atoms with van der Waals surface area (Å²) >= 11 is 0. The first kappa shape index (κ1) is 22.3. The van der Waals surface area contributed by atoms with E-state index in [0.29, 0.717) is 35.7 Å². The number of rotatable bonds is 7. The largest absolute Gasteiger partial charge is 0.317 e. The zero-order valence-electron chi connectivity index (χ0n) is 19.5. The summed E-state index contributed by atoms with van der Waals surface area (Å²) in [6, 6.07) is 13.5. The van der Waals surface area contributed by atoms with Gasteiger partial charge in [0.05, 0.1) is 5.69 Å². The van der Waals surface area contributed by atoms with Gasteiger partial charge in [-0.25, -0.2) is 4.98 Å². The van der Waals surface area contributed by atoms with Crippen LogP contribution in [0.1, 0.15) is 85.3 Å². The van der Waals surface area contributed by atoms with Gasteiger partial charge in [-0.15, -0.1) is 0 Å². The Morgan fingerprint density at radius 1 is 1.09 bits per heavy atom. The highest BCUT2D eigenvalue weighted by atomic mass is 19.1. The van der Waals surface area contributed by atoms with E-state index in [1.807, 2.05) is 24.4 Å². The molecule has 3 atom stereocenters. The summed E-state index contributed by atoms with van der Waals surface area (Å²) in [6.07, 6.45) is 9.40. The molecule has 1 saturated carbocycles. The van der Waals surface area contributed by atoms with Crippen LogP contribution in [0.2, 0.25) is 0 Å². The Hall–Kier alpha value is -2.53. The first-order chi connectivity index (χ1) is 16.1. The molecule has 1 saturated heterocycles. The average molecular weight is 448 g/mol. The molecule has 3 heterocycles. The van der Waals surface area contributed by atoms with Crippen LogP contribution < -0.4 is 5.32 Å². The molecule has 0 radical (unpaired) electrons. The molecule has 0 spiro atoms. The number of halogens is 1. The predicted octanol–water partition coefficient (Wildman–Crippen LogP) is 6.12. The van der Waals surface area contributed by atoms with Crippen LogP contribution in [-0.4, -0.2) is 28.3 Å². The molecule has 3 aromatic rings. The van der Waals surface area contributed by atoms with E-state index in [-0.39, 0.29) is 11.7 Å². The number of imidazole rings is 1. The maximum Gasteiger partial charge on any atom is 0.199 e. The fourth-order valence-electron chi connectivity index (χ4n) is 5.85. The molecule has 0 bridgehead atoms. The van der Waals surface area contributed by atoms with Crippen molar-refractivity contribution in [2.24, 2.45) is 11.8 Å². The van der Waals surface area contributed by atoms with Crippen molar-refractivity contribution in [3.63, 3.8) is 0 Å². The topological polar surface area (TPSA) is 46.4 Å². The van der Waals surface area contributed by atoms with Crippen molar-refractivity contribution >= 4 is 11.4 Å². The first-order valence-corrected chi connectivity index (χ1v) is 12.5. The van der Waals surface area contributed by atoms with Gasteiger partial charge < -0.3 is 5.32 Å². The van der Waals surface area contributed by atoms with Gasteiger partial charge in [0, 0.05) is 24.1 Å². The van der Waals surface area contributed by atoms with E-state index in [9.17, 15) is 9.18 Å². The van der Waals surface area contributed by atoms with Crippen molar-refractivity contribution in [2.45, 2.75) is 63.7 Å². The Morgan fingerprint density at radius 2 is 1.88 bits per heavy atom. The molecule has 1 aromatic carbocycles. The van der Waals surface area contributed by atoms with E-state index in [0.717, 1.165) is 43.6 Å². The summed E-state index contributed by atoms with van der Waals surface area (Å²) in [7, 11) is 0. The van der Waals surface area contributed by atoms with Crippen LogP contribution in [0.5, 0.6) is 0 Å². The van der Waals surface area contributed by atoms with Gasteiger partial charge >= 0.3 is 0 Å². The van der Waals surface area contributed by atoms with Gasteiger partial charge in [0.15, 0.2) is 11.7 Å². The van der Waals surface area contributed by atoms with Gasteiger partial charge in [0.1, 0.15) is 5.65 Å². The second-order valence-electron chi connectivity index (χ2n) is 10.2. The van der Waals surface area contributed by atoms with Crippen LogP contribution in [0.3, 0.4) is 0 Å². The molecule has 0 amide bonds. The number of carbonyl (C=O) groups excluding carboxylic acids is 1. The number of fused-ring (bicyclic) bond motifs is 1. The first-order valence-electron chi connectivity index (χ1n) is 12.5. The molecular weight excluding hydrogens is 413 g/mol. The van der Waals surface area contributed by atoms with Gasteiger partial charge in [-0.1, -0.05) is 37.3 Å². The van der Waals surface area contributed by atoms with E-state index in [1.54, 1.807) is 6.07 Å². The molecule has 2 aromatic heterocycles. The van der Waals surface area contributed by atoms with Gasteiger partial charge in [0.2, 0.25) is 0 Å². The van der Waals surface area contributed by atoms with Crippen LogP contribution in [0.25, 0.3) is 5.65 Å². The maximum absolute atomic E-state index is 14.0. The van der Waals surface area contributed by atoms with Crippen molar-refractivity contribution in [1.29, 1.82) is 0 Å². The smallest absolute Gasteiger partial charge is 0.199 e. The quantitative estimate of drug-likeness (QED) is 0.350. The molecule has 5 heteroatoms. The van der Waals surface area contributed by atoms with Gasteiger partial charge in [-0.2, -0.15) is 4.39 Å². The zero-order valence-corrected chi connectivity index (χ0v) is 19.5. The second kappa shape index (κ2) is 9.76. The van der Waals surface area contributed by atoms with Crippen LogP contribution in [0.4, 0.5) is 4.39 Å². The van der Waals surface area contributed by atoms with Crippen LogP contribution in [0, 0.1) is 17.8 Å². The lowest BCUT2D eigenvalue weighted by atomic mass is 9.88. The average Bonchev–Trinajstić information content (AvgIpc) is 3.48. The normalized spacial score (nSPS) is 22.6. The summed E-state index contributed by atoms with van der Waals surface area (Å²) in [4.78, 5) is 17.3. The highest BCUT2D eigenvalue weighted by Gasteiger charge is 2.28. The molecule has 1 unspecified atom stereocenters. The lowest BCUT2D eigenvalue weighted by Crippen LogP contribution is -2.28. The van der Waals surface area contributed by atoms with E-state index in [1.165, 1.54) is 35.3 Å². The van der Waals surface area contributed by atoms with E-state index in [2.05, 4.69) is 29.4 Å². The summed E-state index contributed by atoms with van der Waals surface area (Å²) in [5.74, 6) is 2.08. The number of hydrogen-bond acceptors (Lipinski definition) is 3. The fourth-order valence-corrected chi connectivity index (χ4v) is 5.85. The highest BCUT2D eigenvalue weighted by Crippen LogP contribution is 2.42. The SMILES string of the molecule is C[C@@H](CC1CC[C@H](c2ccc(C(=O)CC3CCNCC3)cc2)C1)c1cn2c(F)cccc2n1. The highest BCUT2D eigenvalue weighted by molar-refractivity contribution is 5.96. The number of Topliss-reactive ketones (excluding diaryl/α,β-unsaturated/α-hetero) is 1. The van der Waals surface area contributed by atoms with Crippen LogP contribution in [-0.2, 0) is 0 Å². The molecule has 1 aliphatic carbocycles. The maximum atomic E-state index is 14.0. The minimum Gasteiger partial charge on any atom is -0.317 e. The number of carbonyl (C=O) groups is 1. The number of nitrogens with one attached hydrogen (secondary N) is 1. The van der Waals surface area contributed by atoms with E-state index in [4.69, 9.17) is 0 Å². The van der Waals surface area contributed by atoms with Crippen molar-refractivity contribution in [1.82, 2.24) is 14.7 Å². The third-order valence-electron chi connectivity index (χ3n) is 7.83. The Kier molecular flexibility index (Phi) is 6.59. The molecule has 4 nitrogen and oxygen atoms in total. The number of ketones is 1. The molecule has 1 N–H and O–H groups in total. The monoisotopic (exact) mass is 447 g/mol. The number of hydrogen-bond donors (Lipinski definition) is 1. The Bertz CT molecular complexity index is 1100. The number of piperidine rings is 1. The lowest BCUT2D eigenvalue weighted by molar-refractivity contribution is 0.0952. The lowest BCUT2D eigenvalue weighted by Gasteiger charge is -2.21. The molecule has 5 rings (SSSR count). The molecule has 2 fully saturated rings. The van der Waals surface area contributed by atoms with Crippen molar-refractivity contribution in [3.05, 3.63) is 71.4 Å². The Balaban J connectivity index is 1.16. The fraction of sp³-hybridized carbons (Fsp3) is 0.500. The van der Waals surface area contributed by atoms with Crippen molar-refractivity contribution in [2.75, 3.05) is 13.1 Å². The molecule has 33 heavy (non-hydrogen) atoms. The molecule has 2 aliphatic rings. The van der Waals surface area contributed by atoms with E-state index >= 15 is 0 Å². The third-order valence-corrected chi connectivity index (χ3v) is 7.83. The number of pyridine rings is 1. The predicted molar refractivity (Wildman–Crippen MR) is 129 cm³/mol. The van der Waals surface area contributed by atoms with Crippen LogP contribution >= 0.6 is 0 Å². The van der Waals surface area contributed by atoms with E-state index < -0.39 is 0 Å². The van der Waals surface area contributed by atoms with Gasteiger partial charge in [0.25, 0.3) is 0 Å². The number of aromatic nitrogens is 2. The van der Waals surface area contributed by atoms with Gasteiger partial charge in [-0.3, -0.25) is 9.20 Å². The number of nitrogens with zero attached hydrogens (tertiary/aromatic N) is 2. The number of benzene rings is 1. The second-order valence-corrected chi connectivity index (χ2v) is 10.2. The Morgan fingerprint density at radius 3 is 2.64 bits per heavy atom. The summed E-state index contributed by atoms with van der Waals surface area (Å²) in [6.45, 7) is 4.27. The standard InChI is InChI=1S/C28H34FN3O/c1-19(25-18-32-27(29)3-2-4-28(32)31-25)15-21-5-6-24(16-21)22-7-9-23(10-8-22)26(33)17-20-11-13-30-14-12-20/h2-4,7-10,18-21,24,30H,5-6,11-17H2,1H3/t19-,21?,24-/m0/s1. The van der Waals surface area contributed by atoms with Gasteiger partial charge in [-0.05, 0) is 87.1 Å². The molecule has 1 aliphatic heterocycles. The third kappa shape index (κ3) is 5.03. The minimum absolute atomic E-state index is 0.267. The minimum atomic E-state index is -0.267.